The minimum absolute atomic E-state index is 0.108. The summed E-state index contributed by atoms with van der Waals surface area (Å²) in [4.78, 5) is 24.1. The third-order valence-corrected chi connectivity index (χ3v) is 5.66. The number of rotatable bonds is 5. The summed E-state index contributed by atoms with van der Waals surface area (Å²) in [7, 11) is 0. The van der Waals surface area contributed by atoms with Crippen LogP contribution in [0, 0.1) is 6.92 Å². The molecule has 0 saturated heterocycles. The molecule has 170 valence electrons. The maximum absolute atomic E-state index is 13.0. The molecule has 0 amide bonds. The van der Waals surface area contributed by atoms with Gasteiger partial charge in [-0.3, -0.25) is 9.89 Å². The summed E-state index contributed by atoms with van der Waals surface area (Å²) < 4.78 is 6.68. The number of benzene rings is 2. The van der Waals surface area contributed by atoms with Gasteiger partial charge in [-0.2, -0.15) is 0 Å². The summed E-state index contributed by atoms with van der Waals surface area (Å²) in [6.45, 7) is 1.72. The van der Waals surface area contributed by atoms with Crippen molar-refractivity contribution in [2.45, 2.75) is 19.8 Å². The van der Waals surface area contributed by atoms with Crippen LogP contribution in [0.15, 0.2) is 74.0 Å². The number of hydrogen-bond donors (Lipinski definition) is 3. The molecule has 34 heavy (non-hydrogen) atoms. The first-order chi connectivity index (χ1) is 16.4. The molecule has 0 aliphatic heterocycles. The molecule has 2 heterocycles. The third kappa shape index (κ3) is 3.73. The zero-order chi connectivity index (χ0) is 23.8. The maximum Gasteiger partial charge on any atom is 0.371 e. The van der Waals surface area contributed by atoms with E-state index in [2.05, 4.69) is 27.5 Å². The van der Waals surface area contributed by atoms with Crippen LogP contribution in [0.3, 0.4) is 0 Å². The lowest BCUT2D eigenvalue weighted by Crippen LogP contribution is -2.14. The van der Waals surface area contributed by atoms with Crippen LogP contribution < -0.4 is 5.56 Å². The Labute approximate surface area is 193 Å². The Hall–Kier alpha value is -4.66. The zero-order valence-corrected chi connectivity index (χ0v) is 18.1. The fourth-order valence-electron chi connectivity index (χ4n) is 3.90. The van der Waals surface area contributed by atoms with Crippen LogP contribution in [0.2, 0.25) is 0 Å². The first kappa shape index (κ1) is 21.2. The SMILES string of the molecule is Cc1[nH]n(-c2ccc3c(c2)C=CCC3)c(=O)c1N=Nc1cccc(-c2ccc(C(=O)O)o2)c1O. The van der Waals surface area contributed by atoms with Crippen molar-refractivity contribution < 1.29 is 19.4 Å². The average molecular weight is 456 g/mol. The maximum atomic E-state index is 13.0. The number of furan rings is 1. The van der Waals surface area contributed by atoms with E-state index in [0.29, 0.717) is 11.4 Å². The Morgan fingerprint density at radius 1 is 1.15 bits per heavy atom. The second kappa shape index (κ2) is 8.36. The van der Waals surface area contributed by atoms with Crippen molar-refractivity contribution in [3.8, 4) is 22.8 Å². The number of phenolic OH excluding ortho intramolecular Hbond substituents is 1. The van der Waals surface area contributed by atoms with E-state index in [4.69, 9.17) is 9.52 Å². The van der Waals surface area contributed by atoms with Crippen molar-refractivity contribution in [1.82, 2.24) is 9.78 Å². The summed E-state index contributed by atoms with van der Waals surface area (Å²) in [5.41, 5.74) is 3.65. The van der Waals surface area contributed by atoms with Gasteiger partial charge in [-0.15, -0.1) is 10.2 Å². The largest absolute Gasteiger partial charge is 0.505 e. The zero-order valence-electron chi connectivity index (χ0n) is 18.1. The van der Waals surface area contributed by atoms with E-state index in [0.717, 1.165) is 18.4 Å². The predicted molar refractivity (Wildman–Crippen MR) is 125 cm³/mol. The molecule has 0 fully saturated rings. The van der Waals surface area contributed by atoms with Gasteiger partial charge in [-0.25, -0.2) is 9.48 Å². The molecule has 1 aliphatic rings. The number of nitrogens with one attached hydrogen (secondary N) is 1. The number of para-hydroxylation sites is 1. The van der Waals surface area contributed by atoms with Crippen molar-refractivity contribution in [1.29, 1.82) is 0 Å². The van der Waals surface area contributed by atoms with Gasteiger partial charge in [0.15, 0.2) is 11.4 Å². The van der Waals surface area contributed by atoms with E-state index in [1.807, 2.05) is 18.2 Å². The molecule has 2 aromatic heterocycles. The molecule has 0 bridgehead atoms. The van der Waals surface area contributed by atoms with Gasteiger partial charge in [0.1, 0.15) is 11.4 Å². The number of carboxylic acid groups (broad SMARTS) is 1. The molecule has 5 rings (SSSR count). The summed E-state index contributed by atoms with van der Waals surface area (Å²) in [6, 6.07) is 13.3. The smallest absolute Gasteiger partial charge is 0.371 e. The quantitative estimate of drug-likeness (QED) is 0.340. The number of nitrogens with zero attached hydrogens (tertiary/aromatic N) is 3. The van der Waals surface area contributed by atoms with E-state index in [9.17, 15) is 14.7 Å². The van der Waals surface area contributed by atoms with Crippen LogP contribution in [0.1, 0.15) is 33.8 Å². The molecule has 2 aromatic carbocycles. The number of aromatic amines is 1. The normalized spacial score (nSPS) is 12.9. The van der Waals surface area contributed by atoms with Crippen LogP contribution >= 0.6 is 0 Å². The number of carbonyl (C=O) groups is 1. The topological polar surface area (TPSA) is 133 Å². The van der Waals surface area contributed by atoms with Crippen LogP contribution in [-0.4, -0.2) is 26.0 Å². The predicted octanol–water partition coefficient (Wildman–Crippen LogP) is 5.51. The second-order valence-corrected chi connectivity index (χ2v) is 7.89. The number of allylic oxidation sites excluding steroid dienone is 1. The van der Waals surface area contributed by atoms with Crippen molar-refractivity contribution in [2.75, 3.05) is 0 Å². The van der Waals surface area contributed by atoms with E-state index < -0.39 is 5.97 Å². The first-order valence-electron chi connectivity index (χ1n) is 10.6. The van der Waals surface area contributed by atoms with Gasteiger partial charge < -0.3 is 14.6 Å². The van der Waals surface area contributed by atoms with Gasteiger partial charge in [0, 0.05) is 0 Å². The Morgan fingerprint density at radius 2 is 2.00 bits per heavy atom. The summed E-state index contributed by atoms with van der Waals surface area (Å²) >= 11 is 0. The minimum Gasteiger partial charge on any atom is -0.505 e. The molecule has 4 aromatic rings. The van der Waals surface area contributed by atoms with E-state index in [-0.39, 0.29) is 39.8 Å². The summed E-state index contributed by atoms with van der Waals surface area (Å²) in [5, 5.41) is 30.9. The highest BCUT2D eigenvalue weighted by molar-refractivity contribution is 5.85. The van der Waals surface area contributed by atoms with Crippen molar-refractivity contribution in [3.63, 3.8) is 0 Å². The van der Waals surface area contributed by atoms with Gasteiger partial charge in [0.2, 0.25) is 5.76 Å². The lowest BCUT2D eigenvalue weighted by atomic mass is 9.97. The fourth-order valence-corrected chi connectivity index (χ4v) is 3.90. The number of aromatic hydroxyl groups is 1. The van der Waals surface area contributed by atoms with Crippen LogP contribution in [0.25, 0.3) is 23.1 Å². The monoisotopic (exact) mass is 456 g/mol. The molecular weight excluding hydrogens is 436 g/mol. The number of aromatic nitrogens is 2. The summed E-state index contributed by atoms with van der Waals surface area (Å²) in [5.74, 6) is -1.53. The van der Waals surface area contributed by atoms with Crippen LogP contribution in [0.4, 0.5) is 11.4 Å². The van der Waals surface area contributed by atoms with E-state index in [1.165, 1.54) is 28.4 Å². The number of aryl methyl sites for hydroxylation is 2. The van der Waals surface area contributed by atoms with Crippen LogP contribution in [0.5, 0.6) is 5.75 Å². The lowest BCUT2D eigenvalue weighted by molar-refractivity contribution is 0.0663. The van der Waals surface area contributed by atoms with Gasteiger partial charge in [0.25, 0.3) is 5.56 Å². The molecule has 1 aliphatic carbocycles. The highest BCUT2D eigenvalue weighted by Crippen LogP contribution is 2.38. The molecule has 0 atom stereocenters. The molecule has 0 unspecified atom stereocenters. The molecule has 3 N–H and O–H groups in total. The highest BCUT2D eigenvalue weighted by Gasteiger charge is 2.17. The number of fused-ring (bicyclic) bond motifs is 1. The Morgan fingerprint density at radius 3 is 2.79 bits per heavy atom. The molecule has 0 radical (unpaired) electrons. The molecular formula is C25H20N4O5. The lowest BCUT2D eigenvalue weighted by Gasteiger charge is -2.11. The Balaban J connectivity index is 1.48. The van der Waals surface area contributed by atoms with E-state index in [1.54, 1.807) is 19.1 Å². The average Bonchev–Trinajstić information content (AvgIpc) is 3.43. The van der Waals surface area contributed by atoms with Crippen molar-refractivity contribution >= 4 is 23.4 Å². The molecule has 0 saturated carbocycles. The van der Waals surface area contributed by atoms with Gasteiger partial charge >= 0.3 is 5.97 Å². The van der Waals surface area contributed by atoms with Gasteiger partial charge in [0.05, 0.1) is 16.9 Å². The Kier molecular flexibility index (Phi) is 5.21. The number of H-pyrrole nitrogens is 1. The van der Waals surface area contributed by atoms with Crippen molar-refractivity contribution in [2.24, 2.45) is 10.2 Å². The first-order valence-corrected chi connectivity index (χ1v) is 10.6. The number of hydrogen-bond acceptors (Lipinski definition) is 6. The second-order valence-electron chi connectivity index (χ2n) is 7.89. The van der Waals surface area contributed by atoms with Crippen LogP contribution in [-0.2, 0) is 6.42 Å². The standard InChI is InChI=1S/C25H20N4O5/c1-14-22(24(31)29(28-14)17-10-9-15-5-2-3-6-16(15)13-17)27-26-19-8-4-7-18(23(19)30)20-11-12-21(34-20)25(32)33/h3-4,6-13,28,30H,2,5H2,1H3,(H,32,33). The van der Waals surface area contributed by atoms with E-state index >= 15 is 0 Å². The number of azo groups is 1. The van der Waals surface area contributed by atoms with Gasteiger partial charge in [-0.1, -0.05) is 24.3 Å². The number of carboxylic acids is 1. The third-order valence-electron chi connectivity index (χ3n) is 5.66. The number of aromatic carboxylic acids is 1. The minimum atomic E-state index is -1.21. The molecule has 9 heteroatoms. The fraction of sp³-hybridized carbons (Fsp3) is 0.120. The van der Waals surface area contributed by atoms with Crippen molar-refractivity contribution in [3.05, 3.63) is 87.5 Å². The summed E-state index contributed by atoms with van der Waals surface area (Å²) in [6.07, 6.45) is 6.15. The number of phenols is 1. The Bertz CT molecular complexity index is 1540. The van der Waals surface area contributed by atoms with Gasteiger partial charge in [-0.05, 0) is 67.3 Å². The highest BCUT2D eigenvalue weighted by atomic mass is 16.4. The molecule has 0 spiro atoms. The molecule has 9 nitrogen and oxygen atoms in total.